The molecule has 0 unspecified atom stereocenters. The summed E-state index contributed by atoms with van der Waals surface area (Å²) in [4.78, 5) is 19.7. The van der Waals surface area contributed by atoms with Gasteiger partial charge in [0.15, 0.2) is 0 Å². The Labute approximate surface area is 149 Å². The number of fused-ring (bicyclic) bond motifs is 1. The molecule has 1 amide bonds. The molecule has 0 saturated carbocycles. The van der Waals surface area contributed by atoms with Crippen LogP contribution in [0, 0.1) is 5.92 Å². The second-order valence-electron chi connectivity index (χ2n) is 7.08. The predicted molar refractivity (Wildman–Crippen MR) is 98.0 cm³/mol. The molecule has 2 saturated heterocycles. The Balaban J connectivity index is 1.39. The molecule has 2 fully saturated rings. The Morgan fingerprint density at radius 3 is 2.80 bits per heavy atom. The van der Waals surface area contributed by atoms with Crippen molar-refractivity contribution in [3.63, 3.8) is 0 Å². The van der Waals surface area contributed by atoms with Crippen LogP contribution in [0.3, 0.4) is 0 Å². The average molecular weight is 335 g/mol. The maximum atomic E-state index is 12.8. The molecule has 0 bridgehead atoms. The minimum absolute atomic E-state index is 0.108. The lowest BCUT2D eigenvalue weighted by Gasteiger charge is -2.24. The van der Waals surface area contributed by atoms with Crippen molar-refractivity contribution in [2.24, 2.45) is 5.92 Å². The van der Waals surface area contributed by atoms with E-state index in [2.05, 4.69) is 45.5 Å². The molecule has 3 heterocycles. The van der Waals surface area contributed by atoms with Crippen LogP contribution >= 0.6 is 0 Å². The van der Waals surface area contributed by atoms with E-state index >= 15 is 0 Å². The Hall–Kier alpha value is -2.20. The molecule has 2 aliphatic rings. The summed E-state index contributed by atoms with van der Waals surface area (Å²) in [5.41, 5.74) is 2.37. The summed E-state index contributed by atoms with van der Waals surface area (Å²) in [5.74, 6) is 0.322. The van der Waals surface area contributed by atoms with Gasteiger partial charge >= 0.3 is 0 Å². The lowest BCUT2D eigenvalue weighted by atomic mass is 9.93. The van der Waals surface area contributed by atoms with Gasteiger partial charge in [-0.2, -0.15) is 0 Å². The third-order valence-electron chi connectivity index (χ3n) is 5.61. The van der Waals surface area contributed by atoms with Gasteiger partial charge in [0.2, 0.25) is 5.91 Å². The summed E-state index contributed by atoms with van der Waals surface area (Å²) in [5, 5.41) is 3.15. The topological polar surface area (TPSA) is 45.2 Å². The van der Waals surface area contributed by atoms with Gasteiger partial charge in [0.05, 0.1) is 5.92 Å². The molecule has 1 aromatic heterocycles. The Kier molecular flexibility index (Phi) is 4.79. The van der Waals surface area contributed by atoms with Gasteiger partial charge in [-0.05, 0) is 43.5 Å². The SMILES string of the molecule is O=C(NCCc1ccccn1)[C@H]1C[C@@H](c2ccccc2)N2CCC[C@H]12. The van der Waals surface area contributed by atoms with Crippen LogP contribution in [-0.2, 0) is 11.2 Å². The molecule has 25 heavy (non-hydrogen) atoms. The molecule has 0 radical (unpaired) electrons. The molecule has 1 N–H and O–H groups in total. The lowest BCUT2D eigenvalue weighted by Crippen LogP contribution is -2.38. The van der Waals surface area contributed by atoms with Crippen molar-refractivity contribution < 1.29 is 4.79 Å². The second kappa shape index (κ2) is 7.36. The summed E-state index contributed by atoms with van der Waals surface area (Å²) in [7, 11) is 0. The summed E-state index contributed by atoms with van der Waals surface area (Å²) < 4.78 is 0. The van der Waals surface area contributed by atoms with Crippen LogP contribution in [-0.4, -0.2) is 34.9 Å². The van der Waals surface area contributed by atoms with E-state index in [1.807, 2.05) is 18.2 Å². The van der Waals surface area contributed by atoms with E-state index in [1.54, 1.807) is 6.20 Å². The number of pyridine rings is 1. The number of carbonyl (C=O) groups excluding carboxylic acids is 1. The highest BCUT2D eigenvalue weighted by Gasteiger charge is 2.46. The summed E-state index contributed by atoms with van der Waals surface area (Å²) in [6, 6.07) is 17.3. The molecule has 130 valence electrons. The number of aromatic nitrogens is 1. The van der Waals surface area contributed by atoms with Crippen LogP contribution in [0.2, 0.25) is 0 Å². The fourth-order valence-corrected chi connectivity index (χ4v) is 4.44. The minimum atomic E-state index is 0.108. The van der Waals surface area contributed by atoms with Gasteiger partial charge in [0, 0.05) is 36.9 Å². The maximum absolute atomic E-state index is 12.8. The zero-order chi connectivity index (χ0) is 17.1. The number of hydrogen-bond donors (Lipinski definition) is 1. The number of rotatable bonds is 5. The number of benzene rings is 1. The molecule has 3 atom stereocenters. The van der Waals surface area contributed by atoms with Crippen LogP contribution in [0.25, 0.3) is 0 Å². The van der Waals surface area contributed by atoms with E-state index < -0.39 is 0 Å². The van der Waals surface area contributed by atoms with Crippen LogP contribution < -0.4 is 5.32 Å². The molecule has 0 aliphatic carbocycles. The van der Waals surface area contributed by atoms with E-state index in [-0.39, 0.29) is 11.8 Å². The van der Waals surface area contributed by atoms with E-state index in [0.29, 0.717) is 18.6 Å². The zero-order valence-corrected chi connectivity index (χ0v) is 14.5. The smallest absolute Gasteiger partial charge is 0.224 e. The molecule has 2 aromatic rings. The highest BCUT2D eigenvalue weighted by Crippen LogP contribution is 2.44. The van der Waals surface area contributed by atoms with Gasteiger partial charge < -0.3 is 5.32 Å². The van der Waals surface area contributed by atoms with Crippen molar-refractivity contribution >= 4 is 5.91 Å². The first-order chi connectivity index (χ1) is 12.3. The first-order valence-electron chi connectivity index (χ1n) is 9.31. The molecule has 4 nitrogen and oxygen atoms in total. The molecular formula is C21H25N3O. The van der Waals surface area contributed by atoms with E-state index in [1.165, 1.54) is 12.0 Å². The van der Waals surface area contributed by atoms with Crippen LogP contribution in [0.5, 0.6) is 0 Å². The summed E-state index contributed by atoms with van der Waals surface area (Å²) in [6.07, 6.45) is 5.86. The Bertz CT molecular complexity index is 704. The fraction of sp³-hybridized carbons (Fsp3) is 0.429. The summed E-state index contributed by atoms with van der Waals surface area (Å²) in [6.45, 7) is 1.77. The number of nitrogens with zero attached hydrogens (tertiary/aromatic N) is 2. The molecule has 4 rings (SSSR count). The Morgan fingerprint density at radius 2 is 2.00 bits per heavy atom. The third-order valence-corrected chi connectivity index (χ3v) is 5.61. The minimum Gasteiger partial charge on any atom is -0.355 e. The van der Waals surface area contributed by atoms with Crippen molar-refractivity contribution in [3.8, 4) is 0 Å². The second-order valence-corrected chi connectivity index (χ2v) is 7.08. The monoisotopic (exact) mass is 335 g/mol. The van der Waals surface area contributed by atoms with Gasteiger partial charge in [-0.3, -0.25) is 14.7 Å². The number of hydrogen-bond acceptors (Lipinski definition) is 3. The highest BCUT2D eigenvalue weighted by molar-refractivity contribution is 5.80. The molecule has 2 aliphatic heterocycles. The van der Waals surface area contributed by atoms with Gasteiger partial charge in [0.1, 0.15) is 0 Å². The van der Waals surface area contributed by atoms with Gasteiger partial charge in [-0.1, -0.05) is 36.4 Å². The Morgan fingerprint density at radius 1 is 1.16 bits per heavy atom. The third kappa shape index (κ3) is 3.45. The molecule has 4 heteroatoms. The first-order valence-corrected chi connectivity index (χ1v) is 9.31. The van der Waals surface area contributed by atoms with Crippen molar-refractivity contribution in [2.75, 3.05) is 13.1 Å². The highest BCUT2D eigenvalue weighted by atomic mass is 16.2. The van der Waals surface area contributed by atoms with Gasteiger partial charge in [-0.15, -0.1) is 0 Å². The first kappa shape index (κ1) is 16.3. The molecule has 1 aromatic carbocycles. The van der Waals surface area contributed by atoms with Gasteiger partial charge in [-0.25, -0.2) is 0 Å². The predicted octanol–water partition coefficient (Wildman–Crippen LogP) is 2.97. The quantitative estimate of drug-likeness (QED) is 0.914. The van der Waals surface area contributed by atoms with Crippen molar-refractivity contribution in [1.82, 2.24) is 15.2 Å². The van der Waals surface area contributed by atoms with Crippen LogP contribution in [0.15, 0.2) is 54.7 Å². The number of carbonyl (C=O) groups is 1. The van der Waals surface area contributed by atoms with Crippen molar-refractivity contribution in [1.29, 1.82) is 0 Å². The van der Waals surface area contributed by atoms with Gasteiger partial charge in [0.25, 0.3) is 0 Å². The van der Waals surface area contributed by atoms with E-state index in [0.717, 1.165) is 31.5 Å². The molecular weight excluding hydrogens is 310 g/mol. The normalized spacial score (nSPS) is 25.7. The van der Waals surface area contributed by atoms with Crippen LogP contribution in [0.4, 0.5) is 0 Å². The average Bonchev–Trinajstić information content (AvgIpc) is 3.26. The van der Waals surface area contributed by atoms with E-state index in [9.17, 15) is 4.79 Å². The fourth-order valence-electron chi connectivity index (χ4n) is 4.44. The van der Waals surface area contributed by atoms with Crippen molar-refractivity contribution in [2.45, 2.75) is 37.8 Å². The number of nitrogens with one attached hydrogen (secondary N) is 1. The number of amides is 1. The largest absolute Gasteiger partial charge is 0.355 e. The zero-order valence-electron chi connectivity index (χ0n) is 14.5. The standard InChI is InChI=1S/C21H25N3O/c25-21(23-13-11-17-9-4-5-12-22-17)18-15-20(16-7-2-1-3-8-16)24-14-6-10-19(18)24/h1-5,7-9,12,18-20H,6,10-11,13-15H2,(H,23,25)/t18-,19+,20-/m0/s1. The van der Waals surface area contributed by atoms with Crippen molar-refractivity contribution in [3.05, 3.63) is 66.0 Å². The summed E-state index contributed by atoms with van der Waals surface area (Å²) >= 11 is 0. The molecule has 0 spiro atoms. The van der Waals surface area contributed by atoms with E-state index in [4.69, 9.17) is 0 Å². The lowest BCUT2D eigenvalue weighted by molar-refractivity contribution is -0.125. The maximum Gasteiger partial charge on any atom is 0.224 e. The van der Waals surface area contributed by atoms with Crippen LogP contribution in [0.1, 0.15) is 36.6 Å².